The van der Waals surface area contributed by atoms with Crippen LogP contribution in [0, 0.1) is 5.92 Å². The van der Waals surface area contributed by atoms with Gasteiger partial charge in [-0.3, -0.25) is 4.98 Å². The molecule has 0 radical (unpaired) electrons. The fourth-order valence-corrected chi connectivity index (χ4v) is 6.79. The van der Waals surface area contributed by atoms with Crippen LogP contribution in [0.25, 0.3) is 0 Å². The largest absolute Gasteiger partial charge is 0.452 e. The first-order valence-corrected chi connectivity index (χ1v) is 15.0. The van der Waals surface area contributed by atoms with Crippen LogP contribution in [-0.2, 0) is 0 Å². The second-order valence-electron chi connectivity index (χ2n) is 10.0. The molecule has 2 atom stereocenters. The molecule has 5 nitrogen and oxygen atoms in total. The van der Waals surface area contributed by atoms with Gasteiger partial charge in [0.15, 0.2) is 10.2 Å². The third-order valence-corrected chi connectivity index (χ3v) is 9.16. The number of nitrogens with zero attached hydrogens (tertiary/aromatic N) is 3. The van der Waals surface area contributed by atoms with Gasteiger partial charge in [0.1, 0.15) is 11.8 Å². The third kappa shape index (κ3) is 5.64. The SMILES string of the molecule is CC1CCN(c2ccc(N3C(=S)NC(c4ccccn4)C3c3ccc(Sc4ccc(Cl)cc4)o3)cc2Cl)CC1. The Morgan fingerprint density at radius 2 is 1.79 bits per heavy atom. The number of furan rings is 1. The summed E-state index contributed by atoms with van der Waals surface area (Å²) in [5, 5.41) is 6.32. The first-order valence-electron chi connectivity index (χ1n) is 13.0. The first kappa shape index (κ1) is 26.5. The van der Waals surface area contributed by atoms with Crippen molar-refractivity contribution in [2.75, 3.05) is 22.9 Å². The van der Waals surface area contributed by atoms with Gasteiger partial charge < -0.3 is 19.5 Å². The zero-order chi connectivity index (χ0) is 26.9. The third-order valence-electron chi connectivity index (χ3n) is 7.36. The summed E-state index contributed by atoms with van der Waals surface area (Å²) < 4.78 is 6.43. The summed E-state index contributed by atoms with van der Waals surface area (Å²) in [5.41, 5.74) is 2.88. The minimum absolute atomic E-state index is 0.194. The van der Waals surface area contributed by atoms with Gasteiger partial charge in [0.25, 0.3) is 0 Å². The molecule has 4 heterocycles. The second kappa shape index (κ2) is 11.4. The molecule has 2 unspecified atom stereocenters. The van der Waals surface area contributed by atoms with Crippen molar-refractivity contribution in [3.8, 4) is 0 Å². The molecule has 0 aliphatic carbocycles. The number of benzene rings is 2. The summed E-state index contributed by atoms with van der Waals surface area (Å²) in [4.78, 5) is 10.2. The van der Waals surface area contributed by atoms with Crippen molar-refractivity contribution in [2.24, 2.45) is 5.92 Å². The van der Waals surface area contributed by atoms with Crippen molar-refractivity contribution in [1.82, 2.24) is 10.3 Å². The number of anilines is 2. The number of piperidine rings is 1. The predicted molar refractivity (Wildman–Crippen MR) is 164 cm³/mol. The highest BCUT2D eigenvalue weighted by Crippen LogP contribution is 2.45. The molecule has 39 heavy (non-hydrogen) atoms. The van der Waals surface area contributed by atoms with E-state index in [1.165, 1.54) is 12.8 Å². The van der Waals surface area contributed by atoms with Crippen molar-refractivity contribution in [3.05, 3.63) is 100 Å². The van der Waals surface area contributed by atoms with E-state index in [0.29, 0.717) is 10.1 Å². The van der Waals surface area contributed by atoms with E-state index in [9.17, 15) is 0 Å². The normalized spacial score (nSPS) is 19.9. The number of thiocarbonyl (C=S) groups is 1. The Hall–Kier alpha value is -2.71. The van der Waals surface area contributed by atoms with E-state index in [2.05, 4.69) is 39.2 Å². The maximum Gasteiger partial charge on any atom is 0.174 e. The summed E-state index contributed by atoms with van der Waals surface area (Å²) in [6.45, 7) is 4.36. The molecule has 2 aliphatic heterocycles. The fourth-order valence-electron chi connectivity index (χ4n) is 5.24. The van der Waals surface area contributed by atoms with Crippen molar-refractivity contribution >= 4 is 63.7 Å². The van der Waals surface area contributed by atoms with Crippen molar-refractivity contribution in [2.45, 2.75) is 41.8 Å². The monoisotopic (exact) mass is 594 g/mol. The molecule has 0 spiro atoms. The average Bonchev–Trinajstić information content (AvgIpc) is 3.55. The summed E-state index contributed by atoms with van der Waals surface area (Å²) in [6, 6.07) is 23.5. The second-order valence-corrected chi connectivity index (χ2v) is 12.3. The molecule has 6 rings (SSSR count). The van der Waals surface area contributed by atoms with Gasteiger partial charge in [-0.15, -0.1) is 0 Å². The van der Waals surface area contributed by atoms with Gasteiger partial charge in [0.2, 0.25) is 0 Å². The molecule has 0 amide bonds. The van der Waals surface area contributed by atoms with E-state index in [1.807, 2.05) is 60.7 Å². The van der Waals surface area contributed by atoms with Crippen LogP contribution < -0.4 is 15.1 Å². The van der Waals surface area contributed by atoms with E-state index >= 15 is 0 Å². The number of hydrogen-bond donors (Lipinski definition) is 1. The molecule has 2 fully saturated rings. The van der Waals surface area contributed by atoms with Crippen molar-refractivity contribution in [3.63, 3.8) is 0 Å². The highest BCUT2D eigenvalue weighted by molar-refractivity contribution is 7.99. The zero-order valence-corrected chi connectivity index (χ0v) is 24.5. The van der Waals surface area contributed by atoms with Crippen molar-refractivity contribution < 1.29 is 4.42 Å². The minimum atomic E-state index is -0.246. The smallest absolute Gasteiger partial charge is 0.174 e. The average molecular weight is 596 g/mol. The van der Waals surface area contributed by atoms with Gasteiger partial charge in [-0.25, -0.2) is 0 Å². The molecule has 4 aromatic rings. The Balaban J connectivity index is 1.33. The van der Waals surface area contributed by atoms with E-state index in [-0.39, 0.29) is 12.1 Å². The van der Waals surface area contributed by atoms with Crippen LogP contribution >= 0.6 is 47.2 Å². The van der Waals surface area contributed by atoms with Crippen LogP contribution in [0.3, 0.4) is 0 Å². The van der Waals surface area contributed by atoms with E-state index in [0.717, 1.165) is 56.8 Å². The molecule has 200 valence electrons. The highest BCUT2D eigenvalue weighted by atomic mass is 35.5. The van der Waals surface area contributed by atoms with Crippen LogP contribution in [0.1, 0.15) is 43.3 Å². The van der Waals surface area contributed by atoms with E-state index in [1.54, 1.807) is 18.0 Å². The number of nitrogens with one attached hydrogen (secondary N) is 1. The Kier molecular flexibility index (Phi) is 7.76. The van der Waals surface area contributed by atoms with E-state index in [4.69, 9.17) is 39.8 Å². The van der Waals surface area contributed by atoms with Gasteiger partial charge >= 0.3 is 0 Å². The Labute approximate surface area is 248 Å². The fraction of sp³-hybridized carbons (Fsp3) is 0.267. The van der Waals surface area contributed by atoms with Gasteiger partial charge in [-0.2, -0.15) is 0 Å². The summed E-state index contributed by atoms with van der Waals surface area (Å²) in [5.74, 6) is 1.55. The van der Waals surface area contributed by atoms with Crippen LogP contribution in [-0.4, -0.2) is 23.2 Å². The lowest BCUT2D eigenvalue weighted by Gasteiger charge is -2.33. The lowest BCUT2D eigenvalue weighted by Crippen LogP contribution is -2.33. The van der Waals surface area contributed by atoms with Gasteiger partial charge in [0.05, 0.1) is 22.4 Å². The van der Waals surface area contributed by atoms with Crippen LogP contribution in [0.2, 0.25) is 10.0 Å². The van der Waals surface area contributed by atoms with Crippen LogP contribution in [0.4, 0.5) is 11.4 Å². The molecule has 2 aliphatic rings. The molecular weight excluding hydrogens is 567 g/mol. The number of halogens is 2. The Morgan fingerprint density at radius 1 is 1.00 bits per heavy atom. The Bertz CT molecular complexity index is 1460. The summed E-state index contributed by atoms with van der Waals surface area (Å²) >= 11 is 20.4. The minimum Gasteiger partial charge on any atom is -0.452 e. The molecule has 2 saturated heterocycles. The number of hydrogen-bond acceptors (Lipinski definition) is 5. The molecule has 0 bridgehead atoms. The first-order chi connectivity index (χ1) is 19.0. The van der Waals surface area contributed by atoms with Crippen LogP contribution in [0.15, 0.2) is 93.4 Å². The summed E-state index contributed by atoms with van der Waals surface area (Å²) in [7, 11) is 0. The van der Waals surface area contributed by atoms with Gasteiger partial charge in [0, 0.05) is 34.9 Å². The molecule has 0 saturated carbocycles. The summed E-state index contributed by atoms with van der Waals surface area (Å²) in [6.07, 6.45) is 4.16. The zero-order valence-electron chi connectivity index (χ0n) is 21.4. The maximum atomic E-state index is 6.90. The molecule has 1 N–H and O–H groups in total. The number of pyridine rings is 1. The predicted octanol–water partition coefficient (Wildman–Crippen LogP) is 8.55. The maximum absolute atomic E-state index is 6.90. The lowest BCUT2D eigenvalue weighted by atomic mass is 9.98. The molecule has 2 aromatic heterocycles. The van der Waals surface area contributed by atoms with E-state index < -0.39 is 0 Å². The van der Waals surface area contributed by atoms with Crippen molar-refractivity contribution in [1.29, 1.82) is 0 Å². The van der Waals surface area contributed by atoms with Gasteiger partial charge in [-0.1, -0.05) is 48.0 Å². The number of rotatable bonds is 6. The molecule has 9 heteroatoms. The highest BCUT2D eigenvalue weighted by Gasteiger charge is 2.42. The number of aromatic nitrogens is 1. The standard InChI is InChI=1S/C30H28Cl2N4OS2/c1-19-13-16-35(17-14-19)25-10-7-21(18-23(25)32)36-29(28(34-30(36)38)24-4-2-3-15-33-24)26-11-12-27(37-26)39-22-8-5-20(31)6-9-22/h2-12,15,18-19,28-29H,13-14,16-17H2,1H3,(H,34,38). The topological polar surface area (TPSA) is 44.5 Å². The lowest BCUT2D eigenvalue weighted by molar-refractivity contribution is 0.383. The van der Waals surface area contributed by atoms with Crippen LogP contribution in [0.5, 0.6) is 0 Å². The molecular formula is C30H28Cl2N4OS2. The molecule has 2 aromatic carbocycles. The Morgan fingerprint density at radius 3 is 2.51 bits per heavy atom. The quantitative estimate of drug-likeness (QED) is 0.224. The van der Waals surface area contributed by atoms with Gasteiger partial charge in [-0.05, 0) is 97.7 Å².